The average Bonchev–Trinajstić information content (AvgIpc) is 2.87. The van der Waals surface area contributed by atoms with Gasteiger partial charge in [0, 0.05) is 34.8 Å². The molecule has 0 aliphatic rings. The molecule has 0 aliphatic heterocycles. The third kappa shape index (κ3) is 5.09. The highest BCUT2D eigenvalue weighted by atomic mass is 35.5. The molecule has 0 bridgehead atoms. The number of benzene rings is 1. The number of hydrogen-bond acceptors (Lipinski definition) is 3. The van der Waals surface area contributed by atoms with Crippen molar-refractivity contribution in [3.8, 4) is 0 Å². The number of rotatable bonds is 5. The van der Waals surface area contributed by atoms with Crippen LogP contribution >= 0.6 is 34.5 Å². The van der Waals surface area contributed by atoms with Crippen LogP contribution in [0.5, 0.6) is 0 Å². The van der Waals surface area contributed by atoms with Crippen LogP contribution in [0.3, 0.4) is 0 Å². The summed E-state index contributed by atoms with van der Waals surface area (Å²) in [5, 5.41) is 3.19. The summed E-state index contributed by atoms with van der Waals surface area (Å²) in [7, 11) is 0. The molecule has 0 fully saturated rings. The lowest BCUT2D eigenvalue weighted by Crippen LogP contribution is -2.11. The van der Waals surface area contributed by atoms with Gasteiger partial charge in [-0.15, -0.1) is 22.9 Å². The van der Waals surface area contributed by atoms with Crippen molar-refractivity contribution < 1.29 is 18.0 Å². The molecule has 1 aromatic heterocycles. The average molecular weight is 383 g/mol. The van der Waals surface area contributed by atoms with Crippen molar-refractivity contribution in [3.63, 3.8) is 0 Å². The number of hydrogen-bond donors (Lipinski definition) is 1. The highest BCUT2D eigenvalue weighted by Crippen LogP contribution is 2.33. The molecule has 0 unspecified atom stereocenters. The van der Waals surface area contributed by atoms with Crippen LogP contribution in [0.25, 0.3) is 0 Å². The van der Waals surface area contributed by atoms with Crippen molar-refractivity contribution in [2.24, 2.45) is 0 Å². The number of anilines is 1. The SMILES string of the molecule is O=C(CCCl)Nc1ncc(Cc2cc(C(F)(F)F)ccc2Cl)s1. The van der Waals surface area contributed by atoms with Gasteiger partial charge in [-0.25, -0.2) is 4.98 Å². The van der Waals surface area contributed by atoms with E-state index in [2.05, 4.69) is 10.3 Å². The summed E-state index contributed by atoms with van der Waals surface area (Å²) in [6.45, 7) is 0. The zero-order valence-electron chi connectivity index (χ0n) is 11.6. The minimum Gasteiger partial charge on any atom is -0.302 e. The smallest absolute Gasteiger partial charge is 0.302 e. The normalized spacial score (nSPS) is 11.5. The fourth-order valence-corrected chi connectivity index (χ4v) is 3.00. The second kappa shape index (κ2) is 7.51. The molecule has 2 aromatic rings. The number of carbonyl (C=O) groups excluding carboxylic acids is 1. The molecule has 0 aliphatic carbocycles. The van der Waals surface area contributed by atoms with Crippen LogP contribution in [0.15, 0.2) is 24.4 Å². The van der Waals surface area contributed by atoms with Crippen molar-refractivity contribution in [1.82, 2.24) is 4.98 Å². The number of halogens is 5. The molecule has 1 amide bonds. The number of thiazole rings is 1. The summed E-state index contributed by atoms with van der Waals surface area (Å²) >= 11 is 12.6. The Hall–Kier alpha value is -1.31. The van der Waals surface area contributed by atoms with E-state index in [0.29, 0.717) is 15.6 Å². The lowest BCUT2D eigenvalue weighted by Gasteiger charge is -2.09. The topological polar surface area (TPSA) is 42.0 Å². The van der Waals surface area contributed by atoms with Crippen molar-refractivity contribution in [3.05, 3.63) is 45.4 Å². The number of alkyl halides is 4. The van der Waals surface area contributed by atoms with Gasteiger partial charge in [0.2, 0.25) is 5.91 Å². The molecule has 2 rings (SSSR count). The lowest BCUT2D eigenvalue weighted by atomic mass is 10.1. The Bertz CT molecular complexity index is 704. The Labute approximate surface area is 144 Å². The van der Waals surface area contributed by atoms with Gasteiger partial charge in [-0.1, -0.05) is 11.6 Å². The first-order valence-electron chi connectivity index (χ1n) is 6.45. The molecule has 3 nitrogen and oxygen atoms in total. The lowest BCUT2D eigenvalue weighted by molar-refractivity contribution is -0.137. The standard InChI is InChI=1S/C14H11Cl2F3N2OS/c15-4-3-12(22)21-13-20-7-10(23-13)6-8-5-9(14(17,18)19)1-2-11(8)16/h1-2,5,7H,3-4,6H2,(H,20,21,22). The molecule has 9 heteroatoms. The van der Waals surface area contributed by atoms with E-state index in [4.69, 9.17) is 23.2 Å². The van der Waals surface area contributed by atoms with Crippen LogP contribution in [-0.4, -0.2) is 16.8 Å². The van der Waals surface area contributed by atoms with Gasteiger partial charge in [0.05, 0.1) is 5.56 Å². The molecule has 0 spiro atoms. The van der Waals surface area contributed by atoms with E-state index < -0.39 is 11.7 Å². The molecule has 23 heavy (non-hydrogen) atoms. The minimum absolute atomic E-state index is 0.163. The van der Waals surface area contributed by atoms with Crippen molar-refractivity contribution in [2.75, 3.05) is 11.2 Å². The molecule has 0 atom stereocenters. The van der Waals surface area contributed by atoms with E-state index in [1.54, 1.807) is 0 Å². The quantitative estimate of drug-likeness (QED) is 0.741. The van der Waals surface area contributed by atoms with Gasteiger partial charge in [-0.2, -0.15) is 13.2 Å². The maximum absolute atomic E-state index is 12.7. The summed E-state index contributed by atoms with van der Waals surface area (Å²) in [6.07, 6.45) is -2.56. The maximum atomic E-state index is 12.7. The van der Waals surface area contributed by atoms with Crippen LogP contribution in [0.2, 0.25) is 5.02 Å². The van der Waals surface area contributed by atoms with Crippen LogP contribution in [0, 0.1) is 0 Å². The van der Waals surface area contributed by atoms with Crippen LogP contribution in [0.4, 0.5) is 18.3 Å². The van der Waals surface area contributed by atoms with E-state index >= 15 is 0 Å². The first kappa shape index (κ1) is 18.0. The van der Waals surface area contributed by atoms with Gasteiger partial charge in [-0.3, -0.25) is 4.79 Å². The number of amides is 1. The fourth-order valence-electron chi connectivity index (χ4n) is 1.79. The maximum Gasteiger partial charge on any atom is 0.416 e. The van der Waals surface area contributed by atoms with Crippen molar-refractivity contribution in [1.29, 1.82) is 0 Å². The first-order valence-corrected chi connectivity index (χ1v) is 8.18. The Morgan fingerprint density at radius 2 is 2.09 bits per heavy atom. The van der Waals surface area contributed by atoms with E-state index in [9.17, 15) is 18.0 Å². The van der Waals surface area contributed by atoms with Gasteiger partial charge >= 0.3 is 6.18 Å². The Morgan fingerprint density at radius 1 is 1.35 bits per heavy atom. The molecule has 124 valence electrons. The summed E-state index contributed by atoms with van der Waals surface area (Å²) in [4.78, 5) is 16.1. The fraction of sp³-hybridized carbons (Fsp3) is 0.286. The van der Waals surface area contributed by atoms with E-state index in [0.717, 1.165) is 12.1 Å². The van der Waals surface area contributed by atoms with Gasteiger partial charge in [0.15, 0.2) is 5.13 Å². The number of carbonyl (C=O) groups is 1. The zero-order chi connectivity index (χ0) is 17.0. The number of aromatic nitrogens is 1. The second-order valence-corrected chi connectivity index (χ2v) is 6.50. The molecule has 0 saturated heterocycles. The molecule has 1 N–H and O–H groups in total. The molecular weight excluding hydrogens is 372 g/mol. The van der Waals surface area contributed by atoms with Crippen LogP contribution in [-0.2, 0) is 17.4 Å². The second-order valence-electron chi connectivity index (χ2n) is 4.60. The third-order valence-electron chi connectivity index (χ3n) is 2.86. The number of nitrogens with zero attached hydrogens (tertiary/aromatic N) is 1. The van der Waals surface area contributed by atoms with Crippen LogP contribution < -0.4 is 5.32 Å². The van der Waals surface area contributed by atoms with Gasteiger partial charge in [0.25, 0.3) is 0 Å². The largest absolute Gasteiger partial charge is 0.416 e. The monoisotopic (exact) mass is 382 g/mol. The molecular formula is C14H11Cl2F3N2OS. The summed E-state index contributed by atoms with van der Waals surface area (Å²) in [5.41, 5.74) is -0.402. The van der Waals surface area contributed by atoms with Gasteiger partial charge in [-0.05, 0) is 23.8 Å². The van der Waals surface area contributed by atoms with E-state index in [1.807, 2.05) is 0 Å². The Morgan fingerprint density at radius 3 is 2.74 bits per heavy atom. The Kier molecular flexibility index (Phi) is 5.89. The Balaban J connectivity index is 2.13. The molecule has 0 saturated carbocycles. The van der Waals surface area contributed by atoms with E-state index in [1.165, 1.54) is 23.6 Å². The van der Waals surface area contributed by atoms with Gasteiger partial charge in [0.1, 0.15) is 0 Å². The highest BCUT2D eigenvalue weighted by molar-refractivity contribution is 7.15. The summed E-state index contributed by atoms with van der Waals surface area (Å²) in [6, 6.07) is 3.19. The predicted molar refractivity (Wildman–Crippen MR) is 85.3 cm³/mol. The number of nitrogens with one attached hydrogen (secondary N) is 1. The first-order chi connectivity index (χ1) is 10.8. The van der Waals surface area contributed by atoms with Crippen molar-refractivity contribution in [2.45, 2.75) is 19.0 Å². The van der Waals surface area contributed by atoms with Crippen LogP contribution in [0.1, 0.15) is 22.4 Å². The predicted octanol–water partition coefficient (Wildman–Crippen LogP) is 4.97. The zero-order valence-corrected chi connectivity index (χ0v) is 13.9. The highest BCUT2D eigenvalue weighted by Gasteiger charge is 2.30. The van der Waals surface area contributed by atoms with E-state index in [-0.39, 0.29) is 29.7 Å². The molecule has 1 aromatic carbocycles. The minimum atomic E-state index is -4.42. The van der Waals surface area contributed by atoms with Gasteiger partial charge < -0.3 is 5.32 Å². The summed E-state index contributed by atoms with van der Waals surface area (Å²) in [5.74, 6) is -0.0674. The van der Waals surface area contributed by atoms with Crippen molar-refractivity contribution >= 4 is 45.6 Å². The molecule has 1 heterocycles. The summed E-state index contributed by atoms with van der Waals surface area (Å²) < 4.78 is 38.2. The molecule has 0 radical (unpaired) electrons. The third-order valence-corrected chi connectivity index (χ3v) is 4.33.